The van der Waals surface area contributed by atoms with Crippen molar-refractivity contribution in [1.29, 1.82) is 0 Å². The molecule has 0 aliphatic heterocycles. The van der Waals surface area contributed by atoms with Crippen molar-refractivity contribution in [1.82, 2.24) is 0 Å². The number of rotatable bonds is 9. The maximum Gasteiger partial charge on any atom is 0.269 e. The van der Waals surface area contributed by atoms with Gasteiger partial charge in [-0.1, -0.05) is 13.0 Å². The van der Waals surface area contributed by atoms with E-state index in [4.69, 9.17) is 9.47 Å². The Labute approximate surface area is 141 Å². The molecule has 0 radical (unpaired) electrons. The number of hydrogen-bond donors (Lipinski definition) is 1. The van der Waals surface area contributed by atoms with Gasteiger partial charge in [0.1, 0.15) is 0 Å². The monoisotopic (exact) mass is 330 g/mol. The van der Waals surface area contributed by atoms with Gasteiger partial charge < -0.3 is 14.8 Å². The van der Waals surface area contributed by atoms with Gasteiger partial charge >= 0.3 is 0 Å². The maximum atomic E-state index is 10.7. The third kappa shape index (κ3) is 4.87. The van der Waals surface area contributed by atoms with Crippen molar-refractivity contribution in [3.05, 3.63) is 58.1 Å². The first-order valence-corrected chi connectivity index (χ1v) is 8.01. The molecule has 2 aromatic rings. The predicted octanol–water partition coefficient (Wildman–Crippen LogP) is 4.39. The molecule has 2 rings (SSSR count). The van der Waals surface area contributed by atoms with E-state index in [-0.39, 0.29) is 5.69 Å². The Hall–Kier alpha value is -2.76. The van der Waals surface area contributed by atoms with Gasteiger partial charge in [-0.15, -0.1) is 0 Å². The summed E-state index contributed by atoms with van der Waals surface area (Å²) in [4.78, 5) is 10.2. The second-order valence-electron chi connectivity index (χ2n) is 5.22. The van der Waals surface area contributed by atoms with E-state index < -0.39 is 4.92 Å². The van der Waals surface area contributed by atoms with Gasteiger partial charge in [-0.25, -0.2) is 0 Å². The first kappa shape index (κ1) is 17.6. The molecule has 0 saturated heterocycles. The van der Waals surface area contributed by atoms with Crippen molar-refractivity contribution in [2.45, 2.75) is 26.8 Å². The molecule has 128 valence electrons. The summed E-state index contributed by atoms with van der Waals surface area (Å²) in [5.41, 5.74) is 1.95. The average molecular weight is 330 g/mol. The number of nitrogens with one attached hydrogen (secondary N) is 1. The minimum absolute atomic E-state index is 0.0802. The van der Waals surface area contributed by atoms with Crippen LogP contribution in [-0.4, -0.2) is 18.1 Å². The molecule has 0 aromatic heterocycles. The van der Waals surface area contributed by atoms with Gasteiger partial charge in [0.15, 0.2) is 11.5 Å². The van der Waals surface area contributed by atoms with Gasteiger partial charge in [0.25, 0.3) is 5.69 Å². The fourth-order valence-electron chi connectivity index (χ4n) is 2.17. The molecule has 0 saturated carbocycles. The van der Waals surface area contributed by atoms with E-state index in [2.05, 4.69) is 12.2 Å². The zero-order valence-electron chi connectivity index (χ0n) is 14.0. The molecular formula is C18H22N2O4. The summed E-state index contributed by atoms with van der Waals surface area (Å²) in [6.45, 7) is 5.81. The topological polar surface area (TPSA) is 73.6 Å². The first-order chi connectivity index (χ1) is 11.6. The summed E-state index contributed by atoms with van der Waals surface area (Å²) in [5, 5.41) is 13.9. The van der Waals surface area contributed by atoms with Crippen molar-refractivity contribution in [2.75, 3.05) is 18.5 Å². The van der Waals surface area contributed by atoms with E-state index in [9.17, 15) is 10.1 Å². The third-order valence-electron chi connectivity index (χ3n) is 3.34. The molecule has 24 heavy (non-hydrogen) atoms. The van der Waals surface area contributed by atoms with Crippen LogP contribution in [0.4, 0.5) is 11.4 Å². The van der Waals surface area contributed by atoms with E-state index in [1.807, 2.05) is 25.1 Å². The lowest BCUT2D eigenvalue weighted by atomic mass is 10.2. The molecule has 0 amide bonds. The fraction of sp³-hybridized carbons (Fsp3) is 0.333. The van der Waals surface area contributed by atoms with Crippen LogP contribution in [0, 0.1) is 10.1 Å². The largest absolute Gasteiger partial charge is 0.490 e. The molecule has 1 N–H and O–H groups in total. The van der Waals surface area contributed by atoms with E-state index in [0.29, 0.717) is 19.8 Å². The Morgan fingerprint density at radius 1 is 1.04 bits per heavy atom. The molecule has 6 heteroatoms. The molecule has 2 aromatic carbocycles. The van der Waals surface area contributed by atoms with Gasteiger partial charge in [0, 0.05) is 24.4 Å². The summed E-state index contributed by atoms with van der Waals surface area (Å²) < 4.78 is 11.3. The second-order valence-corrected chi connectivity index (χ2v) is 5.22. The number of hydrogen-bond acceptors (Lipinski definition) is 5. The highest BCUT2D eigenvalue weighted by atomic mass is 16.6. The zero-order valence-corrected chi connectivity index (χ0v) is 14.0. The number of benzene rings is 2. The number of anilines is 1. The van der Waals surface area contributed by atoms with Crippen LogP contribution in [0.3, 0.4) is 0 Å². The molecule has 0 atom stereocenters. The van der Waals surface area contributed by atoms with Crippen molar-refractivity contribution >= 4 is 11.4 Å². The second kappa shape index (κ2) is 8.76. The van der Waals surface area contributed by atoms with Crippen LogP contribution >= 0.6 is 0 Å². The van der Waals surface area contributed by atoms with Crippen molar-refractivity contribution in [3.63, 3.8) is 0 Å². The molecule has 0 heterocycles. The molecule has 6 nitrogen and oxygen atoms in total. The summed E-state index contributed by atoms with van der Waals surface area (Å²) in [7, 11) is 0. The molecule has 0 unspecified atom stereocenters. The Kier molecular flexibility index (Phi) is 6.42. The van der Waals surface area contributed by atoms with E-state index >= 15 is 0 Å². The van der Waals surface area contributed by atoms with E-state index in [0.717, 1.165) is 29.2 Å². The molecule has 0 spiro atoms. The van der Waals surface area contributed by atoms with Crippen LogP contribution < -0.4 is 14.8 Å². The van der Waals surface area contributed by atoms with Crippen LogP contribution in [0.25, 0.3) is 0 Å². The first-order valence-electron chi connectivity index (χ1n) is 8.01. The smallest absolute Gasteiger partial charge is 0.269 e. The third-order valence-corrected chi connectivity index (χ3v) is 3.34. The van der Waals surface area contributed by atoms with Crippen LogP contribution in [0.2, 0.25) is 0 Å². The summed E-state index contributed by atoms with van der Waals surface area (Å²) in [6.07, 6.45) is 0.939. The number of nitrogens with zero attached hydrogens (tertiary/aromatic N) is 1. The normalized spacial score (nSPS) is 10.2. The molecule has 0 bridgehead atoms. The SMILES string of the molecule is CCCOc1ccc(CNc2ccc([N+](=O)[O-])cc2)cc1OCC. The minimum atomic E-state index is -0.410. The van der Waals surface area contributed by atoms with Gasteiger partial charge in [-0.05, 0) is 43.2 Å². The van der Waals surface area contributed by atoms with Crippen LogP contribution in [0.15, 0.2) is 42.5 Å². The van der Waals surface area contributed by atoms with Crippen LogP contribution in [0.1, 0.15) is 25.8 Å². The molecule has 0 aliphatic carbocycles. The summed E-state index contributed by atoms with van der Waals surface area (Å²) in [6, 6.07) is 12.2. The van der Waals surface area contributed by atoms with Crippen molar-refractivity contribution in [2.24, 2.45) is 0 Å². The van der Waals surface area contributed by atoms with Crippen molar-refractivity contribution in [3.8, 4) is 11.5 Å². The number of non-ortho nitro benzene ring substituents is 1. The maximum absolute atomic E-state index is 10.7. The quantitative estimate of drug-likeness (QED) is 0.545. The van der Waals surface area contributed by atoms with Crippen LogP contribution in [0.5, 0.6) is 11.5 Å². The highest BCUT2D eigenvalue weighted by Gasteiger charge is 2.07. The fourth-order valence-corrected chi connectivity index (χ4v) is 2.17. The van der Waals surface area contributed by atoms with Gasteiger partial charge in [0.05, 0.1) is 18.1 Å². The molecular weight excluding hydrogens is 308 g/mol. The summed E-state index contributed by atoms with van der Waals surface area (Å²) in [5.74, 6) is 1.48. The van der Waals surface area contributed by atoms with Crippen molar-refractivity contribution < 1.29 is 14.4 Å². The number of nitro benzene ring substituents is 1. The highest BCUT2D eigenvalue weighted by Crippen LogP contribution is 2.29. The van der Waals surface area contributed by atoms with Gasteiger partial charge in [0.2, 0.25) is 0 Å². The molecule has 0 aliphatic rings. The highest BCUT2D eigenvalue weighted by molar-refractivity contribution is 5.50. The Morgan fingerprint density at radius 3 is 2.42 bits per heavy atom. The predicted molar refractivity (Wildman–Crippen MR) is 93.8 cm³/mol. The lowest BCUT2D eigenvalue weighted by molar-refractivity contribution is -0.384. The average Bonchev–Trinajstić information content (AvgIpc) is 2.59. The standard InChI is InChI=1S/C18H22N2O4/c1-3-11-24-17-10-5-14(12-18(17)23-4-2)13-19-15-6-8-16(9-7-15)20(21)22/h5-10,12,19H,3-4,11,13H2,1-2H3. The van der Waals surface area contributed by atoms with E-state index in [1.165, 1.54) is 12.1 Å². The lowest BCUT2D eigenvalue weighted by Gasteiger charge is -2.13. The number of ether oxygens (including phenoxy) is 2. The molecule has 0 fully saturated rings. The lowest BCUT2D eigenvalue weighted by Crippen LogP contribution is -2.03. The summed E-state index contributed by atoms with van der Waals surface area (Å²) >= 11 is 0. The number of nitro groups is 1. The van der Waals surface area contributed by atoms with E-state index in [1.54, 1.807) is 12.1 Å². The van der Waals surface area contributed by atoms with Gasteiger partial charge in [-0.2, -0.15) is 0 Å². The van der Waals surface area contributed by atoms with Crippen LogP contribution in [-0.2, 0) is 6.54 Å². The van der Waals surface area contributed by atoms with Gasteiger partial charge in [-0.3, -0.25) is 10.1 Å². The minimum Gasteiger partial charge on any atom is -0.490 e. The Balaban J connectivity index is 2.03. The Bertz CT molecular complexity index is 671. The zero-order chi connectivity index (χ0) is 17.4. The Morgan fingerprint density at radius 2 is 1.79 bits per heavy atom.